The molecule has 0 radical (unpaired) electrons. The molecule has 2 rings (SSSR count). The maximum absolute atomic E-state index is 11.9. The molecule has 110 valence electrons. The van der Waals surface area contributed by atoms with Crippen LogP contribution in [0.3, 0.4) is 0 Å². The van der Waals surface area contributed by atoms with Crippen molar-refractivity contribution in [1.29, 1.82) is 0 Å². The molecular formula is C18H20O3. The van der Waals surface area contributed by atoms with Crippen LogP contribution in [0.15, 0.2) is 42.5 Å². The van der Waals surface area contributed by atoms with Gasteiger partial charge in [0.1, 0.15) is 11.5 Å². The predicted molar refractivity (Wildman–Crippen MR) is 82.9 cm³/mol. The van der Waals surface area contributed by atoms with Gasteiger partial charge in [0.2, 0.25) is 0 Å². The van der Waals surface area contributed by atoms with E-state index in [1.165, 1.54) is 0 Å². The summed E-state index contributed by atoms with van der Waals surface area (Å²) in [5.41, 5.74) is 3.21. The Morgan fingerprint density at radius 2 is 1.71 bits per heavy atom. The fourth-order valence-electron chi connectivity index (χ4n) is 2.23. The van der Waals surface area contributed by atoms with Crippen LogP contribution in [0.1, 0.15) is 23.6 Å². The lowest BCUT2D eigenvalue weighted by atomic mass is 10.1. The van der Waals surface area contributed by atoms with Crippen molar-refractivity contribution >= 4 is 5.97 Å². The van der Waals surface area contributed by atoms with E-state index in [-0.39, 0.29) is 6.61 Å². The molecule has 0 fully saturated rings. The van der Waals surface area contributed by atoms with Crippen LogP contribution in [-0.2, 0) is 11.2 Å². The summed E-state index contributed by atoms with van der Waals surface area (Å²) in [7, 11) is 0. The van der Waals surface area contributed by atoms with E-state index in [0.29, 0.717) is 5.75 Å². The van der Waals surface area contributed by atoms with Crippen molar-refractivity contribution < 1.29 is 14.3 Å². The molecule has 0 aliphatic rings. The number of ether oxygens (including phenoxy) is 2. The molecule has 0 heterocycles. The van der Waals surface area contributed by atoms with Crippen LogP contribution in [0.2, 0.25) is 0 Å². The van der Waals surface area contributed by atoms with Gasteiger partial charge in [-0.05, 0) is 55.2 Å². The van der Waals surface area contributed by atoms with Crippen LogP contribution in [0.25, 0.3) is 0 Å². The normalized spacial score (nSPS) is 10.2. The first-order valence-electron chi connectivity index (χ1n) is 7.08. The van der Waals surface area contributed by atoms with Crippen molar-refractivity contribution in [3.05, 3.63) is 59.2 Å². The Labute approximate surface area is 125 Å². The summed E-state index contributed by atoms with van der Waals surface area (Å²) >= 11 is 0. The van der Waals surface area contributed by atoms with Crippen molar-refractivity contribution in [2.24, 2.45) is 0 Å². The third-order valence-electron chi connectivity index (χ3n) is 3.13. The zero-order valence-corrected chi connectivity index (χ0v) is 12.7. The number of hydrogen-bond acceptors (Lipinski definition) is 3. The van der Waals surface area contributed by atoms with Crippen molar-refractivity contribution in [3.8, 4) is 11.5 Å². The summed E-state index contributed by atoms with van der Waals surface area (Å²) in [5, 5.41) is 0. The molecular weight excluding hydrogens is 264 g/mol. The second-order valence-electron chi connectivity index (χ2n) is 5.05. The molecule has 0 N–H and O–H groups in total. The van der Waals surface area contributed by atoms with E-state index in [4.69, 9.17) is 9.47 Å². The van der Waals surface area contributed by atoms with Crippen LogP contribution in [0.4, 0.5) is 0 Å². The smallest absolute Gasteiger partial charge is 0.349 e. The summed E-state index contributed by atoms with van der Waals surface area (Å²) in [6, 6.07) is 13.4. The van der Waals surface area contributed by atoms with Crippen LogP contribution in [0.5, 0.6) is 11.5 Å². The molecule has 0 aliphatic carbocycles. The SMILES string of the molecule is CCc1ccccc1OCC(=O)Oc1cc(C)cc(C)c1. The highest BCUT2D eigenvalue weighted by atomic mass is 16.6. The van der Waals surface area contributed by atoms with E-state index in [1.54, 1.807) is 0 Å². The number of para-hydroxylation sites is 1. The molecule has 0 amide bonds. The summed E-state index contributed by atoms with van der Waals surface area (Å²) in [6.45, 7) is 5.90. The average Bonchev–Trinajstić information content (AvgIpc) is 2.44. The highest BCUT2D eigenvalue weighted by Gasteiger charge is 2.08. The molecule has 3 nitrogen and oxygen atoms in total. The van der Waals surface area contributed by atoms with E-state index in [2.05, 4.69) is 6.92 Å². The first kappa shape index (κ1) is 15.1. The van der Waals surface area contributed by atoms with Gasteiger partial charge in [-0.15, -0.1) is 0 Å². The van der Waals surface area contributed by atoms with E-state index in [1.807, 2.05) is 56.3 Å². The number of aryl methyl sites for hydroxylation is 3. The molecule has 0 aliphatic heterocycles. The number of hydrogen-bond donors (Lipinski definition) is 0. The molecule has 3 heteroatoms. The largest absolute Gasteiger partial charge is 0.482 e. The fourth-order valence-corrected chi connectivity index (χ4v) is 2.23. The Kier molecular flexibility index (Phi) is 4.99. The minimum Gasteiger partial charge on any atom is -0.482 e. The maximum Gasteiger partial charge on any atom is 0.349 e. The predicted octanol–water partition coefficient (Wildman–Crippen LogP) is 3.85. The molecule has 2 aromatic rings. The fraction of sp³-hybridized carbons (Fsp3) is 0.278. The van der Waals surface area contributed by atoms with Gasteiger partial charge in [-0.1, -0.05) is 31.2 Å². The Balaban J connectivity index is 1.96. The van der Waals surface area contributed by atoms with Crippen molar-refractivity contribution in [3.63, 3.8) is 0 Å². The molecule has 0 spiro atoms. The van der Waals surface area contributed by atoms with Crippen molar-refractivity contribution in [2.45, 2.75) is 27.2 Å². The van der Waals surface area contributed by atoms with E-state index in [0.717, 1.165) is 28.9 Å². The topological polar surface area (TPSA) is 35.5 Å². The summed E-state index contributed by atoms with van der Waals surface area (Å²) in [5.74, 6) is 0.896. The van der Waals surface area contributed by atoms with E-state index in [9.17, 15) is 4.79 Å². The number of rotatable bonds is 5. The lowest BCUT2D eigenvalue weighted by molar-refractivity contribution is -0.136. The van der Waals surface area contributed by atoms with Gasteiger partial charge < -0.3 is 9.47 Å². The van der Waals surface area contributed by atoms with Gasteiger partial charge in [0.05, 0.1) is 0 Å². The number of benzene rings is 2. The van der Waals surface area contributed by atoms with Gasteiger partial charge in [-0.2, -0.15) is 0 Å². The first-order chi connectivity index (χ1) is 10.1. The highest BCUT2D eigenvalue weighted by Crippen LogP contribution is 2.19. The standard InChI is InChI=1S/C18H20O3/c1-4-15-7-5-6-8-17(15)20-12-18(19)21-16-10-13(2)9-14(3)11-16/h5-11H,4,12H2,1-3H3. The van der Waals surface area contributed by atoms with Gasteiger partial charge in [0.25, 0.3) is 0 Å². The van der Waals surface area contributed by atoms with Gasteiger partial charge >= 0.3 is 5.97 Å². The summed E-state index contributed by atoms with van der Waals surface area (Å²) in [4.78, 5) is 11.9. The first-order valence-corrected chi connectivity index (χ1v) is 7.08. The molecule has 21 heavy (non-hydrogen) atoms. The van der Waals surface area contributed by atoms with Gasteiger partial charge in [-0.25, -0.2) is 4.79 Å². The molecule has 0 atom stereocenters. The van der Waals surface area contributed by atoms with Crippen LogP contribution >= 0.6 is 0 Å². The third kappa shape index (κ3) is 4.35. The highest BCUT2D eigenvalue weighted by molar-refractivity contribution is 5.74. The van der Waals surface area contributed by atoms with Crippen LogP contribution in [0, 0.1) is 13.8 Å². The number of carbonyl (C=O) groups is 1. The number of esters is 1. The van der Waals surface area contributed by atoms with Crippen molar-refractivity contribution in [1.82, 2.24) is 0 Å². The van der Waals surface area contributed by atoms with E-state index >= 15 is 0 Å². The molecule has 0 saturated carbocycles. The summed E-state index contributed by atoms with van der Waals surface area (Å²) in [6.07, 6.45) is 0.863. The van der Waals surface area contributed by atoms with Gasteiger partial charge in [-0.3, -0.25) is 0 Å². The zero-order valence-electron chi connectivity index (χ0n) is 12.7. The molecule has 0 saturated heterocycles. The third-order valence-corrected chi connectivity index (χ3v) is 3.13. The molecule has 0 bridgehead atoms. The lowest BCUT2D eigenvalue weighted by Crippen LogP contribution is -2.18. The maximum atomic E-state index is 11.9. The quantitative estimate of drug-likeness (QED) is 0.618. The molecule has 2 aromatic carbocycles. The van der Waals surface area contributed by atoms with Gasteiger partial charge in [0, 0.05) is 0 Å². The second-order valence-corrected chi connectivity index (χ2v) is 5.05. The number of carbonyl (C=O) groups excluding carboxylic acids is 1. The Bertz CT molecular complexity index is 612. The van der Waals surface area contributed by atoms with Crippen LogP contribution < -0.4 is 9.47 Å². The second kappa shape index (κ2) is 6.93. The molecule has 0 aromatic heterocycles. The van der Waals surface area contributed by atoms with Gasteiger partial charge in [0.15, 0.2) is 6.61 Å². The van der Waals surface area contributed by atoms with E-state index < -0.39 is 5.97 Å². The minimum atomic E-state index is -0.397. The van der Waals surface area contributed by atoms with Crippen LogP contribution in [-0.4, -0.2) is 12.6 Å². The lowest BCUT2D eigenvalue weighted by Gasteiger charge is -2.10. The Morgan fingerprint density at radius 1 is 1.05 bits per heavy atom. The summed E-state index contributed by atoms with van der Waals surface area (Å²) < 4.78 is 10.9. The van der Waals surface area contributed by atoms with Crippen molar-refractivity contribution in [2.75, 3.05) is 6.61 Å². The Hall–Kier alpha value is -2.29. The zero-order chi connectivity index (χ0) is 15.2. The average molecular weight is 284 g/mol. The minimum absolute atomic E-state index is 0.0933. The monoisotopic (exact) mass is 284 g/mol. The Morgan fingerprint density at radius 3 is 2.38 bits per heavy atom. The molecule has 0 unspecified atom stereocenters.